The molecule has 3 aromatic rings. The van der Waals surface area contributed by atoms with Crippen LogP contribution in [0.15, 0.2) is 79.0 Å². The zero-order valence-electron chi connectivity index (χ0n) is 14.0. The van der Waals surface area contributed by atoms with E-state index in [0.29, 0.717) is 5.69 Å². The van der Waals surface area contributed by atoms with Crippen LogP contribution in [0.4, 0.5) is 10.1 Å². The van der Waals surface area contributed by atoms with Gasteiger partial charge in [0.2, 0.25) is 5.91 Å². The average Bonchev–Trinajstić information content (AvgIpc) is 2.67. The molecule has 2 aromatic carbocycles. The number of hydrogen-bond donors (Lipinski definition) is 1. The molecule has 1 amide bonds. The molecule has 26 heavy (non-hydrogen) atoms. The normalized spacial score (nSPS) is 11.1. The minimum absolute atomic E-state index is 0.250. The number of aromatic nitrogens is 1. The van der Waals surface area contributed by atoms with Gasteiger partial charge in [-0.15, -0.1) is 0 Å². The first-order valence-corrected chi connectivity index (χ1v) is 8.13. The van der Waals surface area contributed by atoms with E-state index in [0.717, 1.165) is 16.8 Å². The van der Waals surface area contributed by atoms with Crippen LogP contribution in [0.1, 0.15) is 16.8 Å². The summed E-state index contributed by atoms with van der Waals surface area (Å²) in [7, 11) is 0. The highest BCUT2D eigenvalue weighted by atomic mass is 19.1. The topological polar surface area (TPSA) is 42.0 Å². The number of benzene rings is 2. The molecule has 0 aliphatic rings. The summed E-state index contributed by atoms with van der Waals surface area (Å²) in [5, 5.41) is 2.81. The second kappa shape index (κ2) is 8.53. The maximum absolute atomic E-state index is 12.9. The van der Waals surface area contributed by atoms with Crippen LogP contribution in [-0.2, 0) is 4.79 Å². The van der Waals surface area contributed by atoms with E-state index in [1.807, 2.05) is 54.6 Å². The Hall–Kier alpha value is -3.53. The Balaban J connectivity index is 1.63. The van der Waals surface area contributed by atoms with Crippen LogP contribution in [-0.4, -0.2) is 10.9 Å². The van der Waals surface area contributed by atoms with Crippen LogP contribution >= 0.6 is 0 Å². The molecule has 0 bridgehead atoms. The van der Waals surface area contributed by atoms with Crippen molar-refractivity contribution in [1.29, 1.82) is 0 Å². The lowest BCUT2D eigenvalue weighted by atomic mass is 10.1. The quantitative estimate of drug-likeness (QED) is 0.659. The maximum atomic E-state index is 12.9. The standard InChI is InChI=1S/C22H17FN2O/c23-19-11-7-17(8-12-19)10-14-22(26)25-21-6-3-4-18(16-21)9-13-20-5-1-2-15-24-20/h1-16H,(H,25,26)/b13-9+,14-10+. The van der Waals surface area contributed by atoms with Gasteiger partial charge in [-0.1, -0.05) is 36.4 Å². The number of amides is 1. The van der Waals surface area contributed by atoms with Crippen LogP contribution in [0.3, 0.4) is 0 Å². The fourth-order valence-electron chi connectivity index (χ4n) is 2.31. The van der Waals surface area contributed by atoms with E-state index in [9.17, 15) is 9.18 Å². The highest BCUT2D eigenvalue weighted by Crippen LogP contribution is 2.14. The third-order valence-corrected chi connectivity index (χ3v) is 3.59. The molecular weight excluding hydrogens is 327 g/mol. The van der Waals surface area contributed by atoms with Gasteiger partial charge in [-0.2, -0.15) is 0 Å². The summed E-state index contributed by atoms with van der Waals surface area (Å²) < 4.78 is 12.9. The third-order valence-electron chi connectivity index (χ3n) is 3.59. The number of pyridine rings is 1. The number of anilines is 1. The van der Waals surface area contributed by atoms with Crippen molar-refractivity contribution >= 4 is 29.8 Å². The molecule has 128 valence electrons. The van der Waals surface area contributed by atoms with Crippen LogP contribution < -0.4 is 5.32 Å². The monoisotopic (exact) mass is 344 g/mol. The maximum Gasteiger partial charge on any atom is 0.248 e. The Bertz CT molecular complexity index is 932. The fraction of sp³-hybridized carbons (Fsp3) is 0. The van der Waals surface area contributed by atoms with Gasteiger partial charge in [0.05, 0.1) is 5.69 Å². The summed E-state index contributed by atoms with van der Waals surface area (Å²) in [5.74, 6) is -0.553. The molecule has 0 spiro atoms. The summed E-state index contributed by atoms with van der Waals surface area (Å²) in [6, 6.07) is 19.2. The number of nitrogens with one attached hydrogen (secondary N) is 1. The Morgan fingerprint density at radius 3 is 2.50 bits per heavy atom. The van der Waals surface area contributed by atoms with Crippen molar-refractivity contribution in [3.05, 3.63) is 102 Å². The summed E-state index contributed by atoms with van der Waals surface area (Å²) in [5.41, 5.74) is 3.27. The number of carbonyl (C=O) groups is 1. The lowest BCUT2D eigenvalue weighted by Gasteiger charge is -2.03. The molecule has 0 atom stereocenters. The molecule has 0 unspecified atom stereocenters. The predicted molar refractivity (Wildman–Crippen MR) is 104 cm³/mol. The first-order valence-electron chi connectivity index (χ1n) is 8.13. The summed E-state index contributed by atoms with van der Waals surface area (Å²) >= 11 is 0. The highest BCUT2D eigenvalue weighted by molar-refractivity contribution is 6.02. The molecular formula is C22H17FN2O. The van der Waals surface area contributed by atoms with Crippen LogP contribution in [0, 0.1) is 5.82 Å². The molecule has 0 radical (unpaired) electrons. The molecule has 1 heterocycles. The lowest BCUT2D eigenvalue weighted by molar-refractivity contribution is -0.111. The Morgan fingerprint density at radius 2 is 1.73 bits per heavy atom. The summed E-state index contributed by atoms with van der Waals surface area (Å²) in [6.45, 7) is 0. The second-order valence-corrected chi connectivity index (χ2v) is 5.59. The Kier molecular flexibility index (Phi) is 5.68. The molecule has 0 saturated heterocycles. The fourth-order valence-corrected chi connectivity index (χ4v) is 2.31. The van der Waals surface area contributed by atoms with Crippen molar-refractivity contribution in [2.24, 2.45) is 0 Å². The lowest BCUT2D eigenvalue weighted by Crippen LogP contribution is -2.07. The number of hydrogen-bond acceptors (Lipinski definition) is 2. The van der Waals surface area contributed by atoms with Crippen molar-refractivity contribution in [2.45, 2.75) is 0 Å². The summed E-state index contributed by atoms with van der Waals surface area (Å²) in [4.78, 5) is 16.3. The molecule has 1 N–H and O–H groups in total. The van der Waals surface area contributed by atoms with E-state index < -0.39 is 0 Å². The zero-order valence-corrected chi connectivity index (χ0v) is 14.0. The largest absolute Gasteiger partial charge is 0.322 e. The number of halogens is 1. The highest BCUT2D eigenvalue weighted by Gasteiger charge is 1.99. The second-order valence-electron chi connectivity index (χ2n) is 5.59. The van der Waals surface area contributed by atoms with Gasteiger partial charge in [0.1, 0.15) is 5.82 Å². The zero-order chi connectivity index (χ0) is 18.2. The molecule has 0 aliphatic heterocycles. The van der Waals surface area contributed by atoms with Gasteiger partial charge < -0.3 is 5.32 Å². The van der Waals surface area contributed by atoms with E-state index in [1.165, 1.54) is 18.2 Å². The van der Waals surface area contributed by atoms with Gasteiger partial charge in [0.25, 0.3) is 0 Å². The van der Waals surface area contributed by atoms with Gasteiger partial charge in [0, 0.05) is 18.0 Å². The number of carbonyl (C=O) groups excluding carboxylic acids is 1. The van der Waals surface area contributed by atoms with Crippen LogP contribution in [0.25, 0.3) is 18.2 Å². The van der Waals surface area contributed by atoms with Gasteiger partial charge in [-0.25, -0.2) is 4.39 Å². The number of rotatable bonds is 5. The van der Waals surface area contributed by atoms with Crippen LogP contribution in [0.2, 0.25) is 0 Å². The number of nitrogens with zero attached hydrogens (tertiary/aromatic N) is 1. The van der Waals surface area contributed by atoms with Crippen molar-refractivity contribution in [2.75, 3.05) is 5.32 Å². The van der Waals surface area contributed by atoms with Crippen molar-refractivity contribution in [3.8, 4) is 0 Å². The molecule has 4 heteroatoms. The first-order chi connectivity index (χ1) is 12.7. The summed E-state index contributed by atoms with van der Waals surface area (Å²) in [6.07, 6.45) is 8.65. The minimum atomic E-state index is -0.304. The van der Waals surface area contributed by atoms with Crippen molar-refractivity contribution in [3.63, 3.8) is 0 Å². The van der Waals surface area contributed by atoms with E-state index in [-0.39, 0.29) is 11.7 Å². The third kappa shape index (κ3) is 5.24. The van der Waals surface area contributed by atoms with E-state index in [2.05, 4.69) is 10.3 Å². The molecule has 3 rings (SSSR count). The Labute approximate surface area is 151 Å². The predicted octanol–water partition coefficient (Wildman–Crippen LogP) is 5.04. The Morgan fingerprint density at radius 1 is 0.885 bits per heavy atom. The molecule has 0 aliphatic carbocycles. The molecule has 1 aromatic heterocycles. The molecule has 0 fully saturated rings. The average molecular weight is 344 g/mol. The van der Waals surface area contributed by atoms with Gasteiger partial charge in [0.15, 0.2) is 0 Å². The van der Waals surface area contributed by atoms with Crippen molar-refractivity contribution < 1.29 is 9.18 Å². The minimum Gasteiger partial charge on any atom is -0.322 e. The smallest absolute Gasteiger partial charge is 0.248 e. The van der Waals surface area contributed by atoms with E-state index >= 15 is 0 Å². The van der Waals surface area contributed by atoms with Gasteiger partial charge in [-0.05, 0) is 59.7 Å². The van der Waals surface area contributed by atoms with Gasteiger partial charge >= 0.3 is 0 Å². The molecule has 0 saturated carbocycles. The van der Waals surface area contributed by atoms with Crippen molar-refractivity contribution in [1.82, 2.24) is 4.98 Å². The van der Waals surface area contributed by atoms with E-state index in [1.54, 1.807) is 24.4 Å². The molecule has 3 nitrogen and oxygen atoms in total. The SMILES string of the molecule is O=C(/C=C/c1ccc(F)cc1)Nc1cccc(/C=C/c2ccccn2)c1. The van der Waals surface area contributed by atoms with Crippen LogP contribution in [0.5, 0.6) is 0 Å². The van der Waals surface area contributed by atoms with E-state index in [4.69, 9.17) is 0 Å². The first kappa shape index (κ1) is 17.3. The van der Waals surface area contributed by atoms with Gasteiger partial charge in [-0.3, -0.25) is 9.78 Å².